The van der Waals surface area contributed by atoms with Crippen LogP contribution in [0.5, 0.6) is 0 Å². The zero-order chi connectivity index (χ0) is 25.6. The first-order valence-corrected chi connectivity index (χ1v) is 21.9. The largest absolute Gasteiger partial charge is 0.744 e. The van der Waals surface area contributed by atoms with Crippen LogP contribution in [0.4, 0.5) is 0 Å². The summed E-state index contributed by atoms with van der Waals surface area (Å²) in [7, 11) is -4.27. The second-order valence-electron chi connectivity index (χ2n) is 16.1. The average molecular weight is 569 g/mol. The van der Waals surface area contributed by atoms with E-state index in [2.05, 4.69) is 53.1 Å². The molecular formula is C31H32FeN2O3S. The molecule has 0 N–H and O–H groups in total. The van der Waals surface area contributed by atoms with E-state index in [0.717, 1.165) is 21.6 Å². The van der Waals surface area contributed by atoms with Crippen molar-refractivity contribution in [1.29, 1.82) is 0 Å². The molecular weight excluding hydrogens is 536 g/mol. The molecule has 0 aliphatic carbocycles. The molecule has 10 aliphatic heterocycles. The Morgan fingerprint density at radius 3 is 1.95 bits per heavy atom. The maximum Gasteiger partial charge on any atom is 0.124 e. The predicted octanol–water partition coefficient (Wildman–Crippen LogP) is 7.04. The Morgan fingerprint density at radius 2 is 1.53 bits per heavy atom. The van der Waals surface area contributed by atoms with E-state index >= 15 is 0 Å². The summed E-state index contributed by atoms with van der Waals surface area (Å²) >= 11 is 0. The van der Waals surface area contributed by atoms with Gasteiger partial charge in [-0.1, -0.05) is 17.7 Å². The molecule has 38 heavy (non-hydrogen) atoms. The third-order valence-corrected chi connectivity index (χ3v) is 62.9. The molecule has 0 amide bonds. The van der Waals surface area contributed by atoms with E-state index in [1.807, 2.05) is 19.2 Å². The Kier molecular flexibility index (Phi) is 1.60. The minimum atomic E-state index is -4.27. The van der Waals surface area contributed by atoms with Gasteiger partial charge in [-0.05, 0) is 19.1 Å². The molecule has 3 aromatic rings. The van der Waals surface area contributed by atoms with Gasteiger partial charge in [0, 0.05) is 0 Å². The molecule has 1 aromatic carbocycles. The van der Waals surface area contributed by atoms with Crippen LogP contribution in [0.1, 0.15) is 31.4 Å². The monoisotopic (exact) mass is 568 g/mol. The van der Waals surface area contributed by atoms with Crippen molar-refractivity contribution < 1.29 is 24.0 Å². The van der Waals surface area contributed by atoms with Crippen LogP contribution in [-0.2, 0) is 16.6 Å². The Hall–Kier alpha value is -2.05. The number of nitrogens with zero attached hydrogens (tertiary/aromatic N) is 2. The zero-order valence-corrected chi connectivity index (χ0v) is 23.4. The van der Waals surface area contributed by atoms with E-state index in [1.54, 1.807) is 12.1 Å². The number of benzene rings is 1. The molecule has 10 aliphatic rings. The summed E-state index contributed by atoms with van der Waals surface area (Å²) in [6, 6.07) is 17.6. The van der Waals surface area contributed by atoms with Crippen molar-refractivity contribution in [3.05, 3.63) is 78.8 Å². The van der Waals surface area contributed by atoms with Crippen LogP contribution in [0.15, 0.2) is 78.1 Å². The molecule has 198 valence electrons. The second-order valence-corrected chi connectivity index (χ2v) is 41.0. The predicted molar refractivity (Wildman–Crippen MR) is 139 cm³/mol. The SMILES string of the molecule is CCCC([n+]1ccc(-c2ccccn2)cc1)[C]12[CH]3[CH]4[CH]5[CH]1[Fe]45321678[CH]2[CH]1[CH]6[CH]7[CH]28.Cc1ccc(S(=O)(=O)[O-])cc1. The molecule has 5 unspecified atom stereocenters. The molecule has 5 nitrogen and oxygen atoms in total. The van der Waals surface area contributed by atoms with Crippen molar-refractivity contribution in [2.24, 2.45) is 0 Å². The van der Waals surface area contributed by atoms with Gasteiger partial charge < -0.3 is 4.55 Å². The molecule has 7 heteroatoms. The Morgan fingerprint density at radius 1 is 0.921 bits per heavy atom. The van der Waals surface area contributed by atoms with Crippen molar-refractivity contribution in [3.8, 4) is 11.3 Å². The summed E-state index contributed by atoms with van der Waals surface area (Å²) in [5.41, 5.74) is 3.30. The number of aromatic nitrogens is 2. The van der Waals surface area contributed by atoms with Gasteiger partial charge >= 0.3 is 150 Å². The van der Waals surface area contributed by atoms with Crippen LogP contribution in [0.25, 0.3) is 11.3 Å². The third kappa shape index (κ3) is 0.537. The van der Waals surface area contributed by atoms with Gasteiger partial charge in [-0.25, -0.2) is 8.42 Å². The molecule has 0 bridgehead atoms. The van der Waals surface area contributed by atoms with Gasteiger partial charge in [0.1, 0.15) is 10.1 Å². The molecule has 1 spiro atoms. The maximum atomic E-state index is 10.4. The summed E-state index contributed by atoms with van der Waals surface area (Å²) < 4.78 is 34.8. The molecule has 12 heterocycles. The Labute approximate surface area is 213 Å². The van der Waals surface area contributed by atoms with Gasteiger partial charge in [-0.15, -0.1) is 0 Å². The number of aryl methyl sites for hydroxylation is 1. The fraction of sp³-hybridized carbons (Fsp3) is 0.484. The first-order chi connectivity index (χ1) is 18.1. The summed E-state index contributed by atoms with van der Waals surface area (Å²) in [6.07, 6.45) is 9.59. The summed E-state index contributed by atoms with van der Waals surface area (Å²) in [5, 5.41) is 0. The van der Waals surface area contributed by atoms with Crippen LogP contribution < -0.4 is 4.57 Å². The minimum absolute atomic E-state index is 0.178. The first kappa shape index (κ1) is 19.9. The molecule has 10 saturated heterocycles. The summed E-state index contributed by atoms with van der Waals surface area (Å²) in [4.78, 5) is 17.2. The van der Waals surface area contributed by atoms with E-state index in [4.69, 9.17) is 0 Å². The second kappa shape index (κ2) is 3.05. The third-order valence-electron chi connectivity index (χ3n) is 19.3. The molecule has 10 fully saturated rings. The quantitative estimate of drug-likeness (QED) is 0.182. The van der Waals surface area contributed by atoms with Gasteiger partial charge in [0.05, 0.1) is 4.90 Å². The smallest absolute Gasteiger partial charge is 0.124 e. The number of hydrogen-bond acceptors (Lipinski definition) is 4. The van der Waals surface area contributed by atoms with E-state index in [-0.39, 0.29) is 4.90 Å². The number of hydrogen-bond donors (Lipinski definition) is 0. The van der Waals surface area contributed by atoms with Gasteiger partial charge in [-0.2, -0.15) is 0 Å². The van der Waals surface area contributed by atoms with E-state index < -0.39 is 16.6 Å². The minimum Gasteiger partial charge on any atom is -0.744 e. The topological polar surface area (TPSA) is 74.0 Å². The van der Waals surface area contributed by atoms with Crippen LogP contribution >= 0.6 is 0 Å². The van der Waals surface area contributed by atoms with Crippen molar-refractivity contribution >= 4 is 10.1 Å². The van der Waals surface area contributed by atoms with Crippen molar-refractivity contribution in [2.45, 2.75) is 85.3 Å². The van der Waals surface area contributed by atoms with E-state index in [9.17, 15) is 13.0 Å². The maximum absolute atomic E-state index is 10.4. The van der Waals surface area contributed by atoms with Crippen molar-refractivity contribution in [2.75, 3.05) is 0 Å². The van der Waals surface area contributed by atoms with Gasteiger partial charge in [0.2, 0.25) is 0 Å². The fourth-order valence-electron chi connectivity index (χ4n) is 20.2. The van der Waals surface area contributed by atoms with Crippen molar-refractivity contribution in [3.63, 3.8) is 0 Å². The van der Waals surface area contributed by atoms with Crippen LogP contribution in [0, 0.1) is 6.92 Å². The van der Waals surface area contributed by atoms with Gasteiger partial charge in [0.25, 0.3) is 0 Å². The fourth-order valence-corrected chi connectivity index (χ4v) is 95.9. The Bertz CT molecular complexity index is 2030. The zero-order valence-electron chi connectivity index (χ0n) is 21.5. The van der Waals surface area contributed by atoms with E-state index in [1.165, 1.54) is 73.9 Å². The number of fused-ring (bicyclic) bond motifs is 10. The first-order valence-electron chi connectivity index (χ1n) is 14.2. The number of pyridine rings is 2. The van der Waals surface area contributed by atoms with Crippen LogP contribution in [0.2, 0.25) is 47.7 Å². The molecule has 13 rings (SSSR count). The molecule has 5 atom stereocenters. The van der Waals surface area contributed by atoms with Crippen molar-refractivity contribution in [1.82, 2.24) is 4.98 Å². The summed E-state index contributed by atoms with van der Waals surface area (Å²) in [6.45, 7) is 1.22. The molecule has 2 aromatic heterocycles. The normalized spacial score (nSPS) is 60.4. The number of rotatable bonds is 6. The standard InChI is InChI=1S/C19H20N2.C7H8O3S.C5H5.Fe/c1-2-7-19(17-8-3-4-9-17)21-14-11-16(12-15-21)18-10-5-6-13-20-18;1-6-2-4-7(5-3-6)11(8,9)10;1-2-4-5-3-1;/h3-6,8-15,19H,2,7H2,1H3;2-5H,1H3,(H,8,9,10);1-5H;/q+1;;;/p-1. The van der Waals surface area contributed by atoms with Crippen LogP contribution in [-0.4, -0.2) is 18.0 Å². The molecule has 0 radical (unpaired) electrons. The van der Waals surface area contributed by atoms with E-state index in [0.29, 0.717) is 0 Å². The summed E-state index contributed by atoms with van der Waals surface area (Å²) in [5.74, 6) is 0. The van der Waals surface area contributed by atoms with Gasteiger partial charge in [0.15, 0.2) is 0 Å². The van der Waals surface area contributed by atoms with Crippen LogP contribution in [0.3, 0.4) is 0 Å². The molecule has 0 saturated carbocycles. The van der Waals surface area contributed by atoms with Gasteiger partial charge in [-0.3, -0.25) is 0 Å². The Balaban J connectivity index is 0.000000146. The average Bonchev–Trinajstić information content (AvgIpc) is 3.86.